The number of hydrogen-bond acceptors (Lipinski definition) is 8. The van der Waals surface area contributed by atoms with Gasteiger partial charge in [0, 0.05) is 12.5 Å². The largest absolute Gasteiger partial charge is 0.459 e. The van der Waals surface area contributed by atoms with Crippen LogP contribution in [-0.4, -0.2) is 44.4 Å². The summed E-state index contributed by atoms with van der Waals surface area (Å²) in [4.78, 5) is 37.6. The predicted molar refractivity (Wildman–Crippen MR) is 144 cm³/mol. The van der Waals surface area contributed by atoms with Crippen molar-refractivity contribution in [1.82, 2.24) is 14.8 Å². The Bertz CT molecular complexity index is 1330. The summed E-state index contributed by atoms with van der Waals surface area (Å²) in [5, 5.41) is 12.4. The maximum Gasteiger partial charge on any atom is 0.341 e. The van der Waals surface area contributed by atoms with Crippen LogP contribution < -0.4 is 11.1 Å². The van der Waals surface area contributed by atoms with Gasteiger partial charge in [-0.3, -0.25) is 9.59 Å². The molecule has 2 unspecified atom stereocenters. The third kappa shape index (κ3) is 5.94. The lowest BCUT2D eigenvalue weighted by Gasteiger charge is -2.10. The van der Waals surface area contributed by atoms with E-state index in [-0.39, 0.29) is 39.1 Å². The minimum absolute atomic E-state index is 0.0313. The zero-order chi connectivity index (χ0) is 26.7. The van der Waals surface area contributed by atoms with Gasteiger partial charge < -0.3 is 20.4 Å². The Morgan fingerprint density at radius 1 is 1.27 bits per heavy atom. The number of nitrogens with one attached hydrogen (secondary N) is 1. The molecule has 0 aliphatic heterocycles. The molecule has 1 aromatic carbocycles. The number of aromatic nitrogens is 3. The Hall–Kier alpha value is -3.44. The average Bonchev–Trinajstić information content (AvgIpc) is 3.44. The molecule has 1 aliphatic carbocycles. The maximum atomic E-state index is 12.9. The van der Waals surface area contributed by atoms with E-state index in [4.69, 9.17) is 10.5 Å². The van der Waals surface area contributed by atoms with E-state index in [0.717, 1.165) is 23.6 Å². The SMILES string of the molecule is C=CCn1c(SCC(=O)Nc2sc(C(N)=O)c(C)c2C(=O)OC(C)C)nnc1C1CC1c1ccccc1. The number of primary amides is 1. The number of thioether (sulfide) groups is 1. The fourth-order valence-corrected chi connectivity index (χ4v) is 6.00. The van der Waals surface area contributed by atoms with Crippen molar-refractivity contribution in [1.29, 1.82) is 0 Å². The zero-order valence-corrected chi connectivity index (χ0v) is 22.5. The van der Waals surface area contributed by atoms with Crippen molar-refractivity contribution in [3.8, 4) is 0 Å². The summed E-state index contributed by atoms with van der Waals surface area (Å²) in [6.07, 6.45) is 2.42. The summed E-state index contributed by atoms with van der Waals surface area (Å²) in [5.74, 6) is -0.0558. The van der Waals surface area contributed by atoms with E-state index in [1.165, 1.54) is 17.3 Å². The number of nitrogens with two attached hydrogens (primary N) is 1. The molecule has 4 rings (SSSR count). The molecule has 2 amide bonds. The van der Waals surface area contributed by atoms with Crippen LogP contribution in [0.5, 0.6) is 0 Å². The fraction of sp³-hybridized carbons (Fsp3) is 0.346. The second-order valence-electron chi connectivity index (χ2n) is 9.01. The Morgan fingerprint density at radius 3 is 2.65 bits per heavy atom. The number of hydrogen-bond donors (Lipinski definition) is 2. The van der Waals surface area contributed by atoms with Gasteiger partial charge in [0.25, 0.3) is 5.91 Å². The highest BCUT2D eigenvalue weighted by molar-refractivity contribution is 7.99. The highest BCUT2D eigenvalue weighted by atomic mass is 32.2. The average molecular weight is 540 g/mol. The van der Waals surface area contributed by atoms with Gasteiger partial charge in [0.1, 0.15) is 10.8 Å². The number of thiophene rings is 1. The summed E-state index contributed by atoms with van der Waals surface area (Å²) in [6, 6.07) is 10.3. The normalized spacial score (nSPS) is 16.4. The monoisotopic (exact) mass is 539 g/mol. The molecule has 3 aromatic rings. The van der Waals surface area contributed by atoms with Gasteiger partial charge in [0.2, 0.25) is 5.91 Å². The molecule has 3 N–H and O–H groups in total. The highest BCUT2D eigenvalue weighted by Gasteiger charge is 2.43. The molecule has 0 saturated heterocycles. The van der Waals surface area contributed by atoms with E-state index in [1.807, 2.05) is 22.8 Å². The van der Waals surface area contributed by atoms with Gasteiger partial charge in [0.15, 0.2) is 5.16 Å². The molecular weight excluding hydrogens is 510 g/mol. The van der Waals surface area contributed by atoms with Crippen molar-refractivity contribution in [3.05, 3.63) is 70.4 Å². The standard InChI is InChI=1S/C26H29N5O4S2/c1-5-11-31-23(18-12-17(18)16-9-7-6-8-10-16)29-30-26(31)36-13-19(32)28-24-20(25(34)35-14(2)3)15(4)21(37-24)22(27)33/h5-10,14,17-18H,1,11-13H2,2-4H3,(H2,27,33)(H,28,32). The molecule has 0 radical (unpaired) electrons. The number of carbonyl (C=O) groups excluding carboxylic acids is 3. The molecule has 2 aromatic heterocycles. The first-order chi connectivity index (χ1) is 17.7. The zero-order valence-electron chi connectivity index (χ0n) is 20.9. The van der Waals surface area contributed by atoms with Crippen LogP contribution in [0.1, 0.15) is 69.1 Å². The predicted octanol–water partition coefficient (Wildman–Crippen LogP) is 4.50. The van der Waals surface area contributed by atoms with Crippen molar-refractivity contribution in [2.45, 2.75) is 56.8 Å². The van der Waals surface area contributed by atoms with E-state index in [9.17, 15) is 14.4 Å². The van der Waals surface area contributed by atoms with E-state index in [2.05, 4.69) is 34.2 Å². The number of carbonyl (C=O) groups is 3. The topological polar surface area (TPSA) is 129 Å². The Balaban J connectivity index is 1.47. The molecule has 1 fully saturated rings. The van der Waals surface area contributed by atoms with Crippen LogP contribution in [0.3, 0.4) is 0 Å². The third-order valence-electron chi connectivity index (χ3n) is 5.91. The van der Waals surface area contributed by atoms with Gasteiger partial charge in [-0.1, -0.05) is 48.2 Å². The molecule has 11 heteroatoms. The van der Waals surface area contributed by atoms with Crippen molar-refractivity contribution in [2.24, 2.45) is 5.73 Å². The lowest BCUT2D eigenvalue weighted by Crippen LogP contribution is -2.18. The molecule has 9 nitrogen and oxygen atoms in total. The van der Waals surface area contributed by atoms with Crippen LogP contribution in [0.25, 0.3) is 0 Å². The van der Waals surface area contributed by atoms with Crippen molar-refractivity contribution < 1.29 is 19.1 Å². The van der Waals surface area contributed by atoms with Crippen LogP contribution in [0.15, 0.2) is 48.1 Å². The van der Waals surface area contributed by atoms with Crippen LogP contribution in [0.2, 0.25) is 0 Å². The highest BCUT2D eigenvalue weighted by Crippen LogP contribution is 2.54. The van der Waals surface area contributed by atoms with Crippen LogP contribution in [-0.2, 0) is 16.1 Å². The second-order valence-corrected chi connectivity index (χ2v) is 11.0. The third-order valence-corrected chi connectivity index (χ3v) is 8.10. The minimum Gasteiger partial charge on any atom is -0.459 e. The maximum absolute atomic E-state index is 12.9. The number of rotatable bonds is 11. The van der Waals surface area contributed by atoms with Gasteiger partial charge in [0.05, 0.1) is 22.3 Å². The summed E-state index contributed by atoms with van der Waals surface area (Å²) in [5.41, 5.74) is 7.27. The molecule has 2 heterocycles. The number of amides is 2. The number of benzene rings is 1. The first kappa shape index (κ1) is 26.6. The lowest BCUT2D eigenvalue weighted by atomic mass is 10.1. The summed E-state index contributed by atoms with van der Waals surface area (Å²) < 4.78 is 7.29. The van der Waals surface area contributed by atoms with Crippen LogP contribution in [0.4, 0.5) is 5.00 Å². The first-order valence-corrected chi connectivity index (χ1v) is 13.7. The summed E-state index contributed by atoms with van der Waals surface area (Å²) in [7, 11) is 0. The molecule has 194 valence electrons. The minimum atomic E-state index is -0.671. The number of anilines is 1. The van der Waals surface area contributed by atoms with E-state index >= 15 is 0 Å². The van der Waals surface area contributed by atoms with Crippen LogP contribution >= 0.6 is 23.1 Å². The molecule has 0 spiro atoms. The number of esters is 1. The van der Waals surface area contributed by atoms with Crippen molar-refractivity contribution in [3.63, 3.8) is 0 Å². The smallest absolute Gasteiger partial charge is 0.341 e. The molecule has 1 aliphatic rings. The number of nitrogens with zero attached hydrogens (tertiary/aromatic N) is 3. The quantitative estimate of drug-likeness (QED) is 0.208. The molecule has 37 heavy (non-hydrogen) atoms. The van der Waals surface area contributed by atoms with Gasteiger partial charge in [-0.15, -0.1) is 28.1 Å². The van der Waals surface area contributed by atoms with Crippen molar-refractivity contribution in [2.75, 3.05) is 11.1 Å². The van der Waals surface area contributed by atoms with E-state index < -0.39 is 11.9 Å². The van der Waals surface area contributed by atoms with E-state index in [1.54, 1.807) is 26.8 Å². The Kier molecular flexibility index (Phi) is 8.13. The number of allylic oxidation sites excluding steroid dienone is 1. The molecular formula is C26H29N5O4S2. The van der Waals surface area contributed by atoms with Gasteiger partial charge >= 0.3 is 5.97 Å². The van der Waals surface area contributed by atoms with Gasteiger partial charge in [-0.05, 0) is 44.2 Å². The molecule has 2 atom stereocenters. The fourth-order valence-electron chi connectivity index (χ4n) is 4.18. The van der Waals surface area contributed by atoms with Gasteiger partial charge in [-0.2, -0.15) is 0 Å². The first-order valence-electron chi connectivity index (χ1n) is 11.9. The van der Waals surface area contributed by atoms with Gasteiger partial charge in [-0.25, -0.2) is 4.79 Å². The second kappa shape index (κ2) is 11.3. The van der Waals surface area contributed by atoms with Crippen LogP contribution in [0, 0.1) is 6.92 Å². The number of ether oxygens (including phenoxy) is 1. The summed E-state index contributed by atoms with van der Waals surface area (Å²) in [6.45, 7) is 9.44. The Labute approximate surface area is 223 Å². The molecule has 0 bridgehead atoms. The lowest BCUT2D eigenvalue weighted by molar-refractivity contribution is -0.113. The molecule has 1 saturated carbocycles. The van der Waals surface area contributed by atoms with E-state index in [0.29, 0.717) is 23.2 Å². The summed E-state index contributed by atoms with van der Waals surface area (Å²) >= 11 is 2.21. The Morgan fingerprint density at radius 2 is 2.00 bits per heavy atom. The van der Waals surface area contributed by atoms with Crippen molar-refractivity contribution >= 4 is 45.9 Å².